The van der Waals surface area contributed by atoms with Gasteiger partial charge in [0, 0.05) is 23.8 Å². The summed E-state index contributed by atoms with van der Waals surface area (Å²) in [4.78, 5) is 25.1. The molecule has 0 spiro atoms. The van der Waals surface area contributed by atoms with Gasteiger partial charge in [-0.3, -0.25) is 9.59 Å². The first kappa shape index (κ1) is 17.0. The average molecular weight is 338 g/mol. The molecular formula is C20H22N2O3. The van der Waals surface area contributed by atoms with Crippen LogP contribution in [0.1, 0.15) is 37.8 Å². The number of para-hydroxylation sites is 2. The minimum absolute atomic E-state index is 0.00240. The molecule has 0 aliphatic carbocycles. The molecule has 0 bridgehead atoms. The molecule has 0 fully saturated rings. The lowest BCUT2D eigenvalue weighted by Crippen LogP contribution is -2.44. The van der Waals surface area contributed by atoms with Crippen LogP contribution in [0.4, 0.5) is 11.4 Å². The molecule has 2 aromatic rings. The zero-order chi connectivity index (χ0) is 17.8. The Hall–Kier alpha value is -2.82. The van der Waals surface area contributed by atoms with E-state index in [9.17, 15) is 9.59 Å². The molecule has 5 nitrogen and oxygen atoms in total. The van der Waals surface area contributed by atoms with Crippen LogP contribution in [0.5, 0.6) is 0 Å². The summed E-state index contributed by atoms with van der Waals surface area (Å²) in [7, 11) is 0. The van der Waals surface area contributed by atoms with Crippen molar-refractivity contribution in [1.82, 2.24) is 0 Å². The monoisotopic (exact) mass is 338 g/mol. The van der Waals surface area contributed by atoms with E-state index in [2.05, 4.69) is 5.32 Å². The SMILES string of the molecule is C[C@@H]1C[C@@H](Nc2ccccc2)c2ccccc2N1C(=O)CCC(=O)O. The van der Waals surface area contributed by atoms with Crippen LogP contribution < -0.4 is 10.2 Å². The van der Waals surface area contributed by atoms with E-state index >= 15 is 0 Å². The number of anilines is 2. The Balaban J connectivity index is 1.87. The molecule has 1 amide bonds. The molecule has 0 radical (unpaired) electrons. The third kappa shape index (κ3) is 3.82. The lowest BCUT2D eigenvalue weighted by molar-refractivity contribution is -0.138. The minimum atomic E-state index is -0.949. The number of aliphatic carboxylic acids is 1. The van der Waals surface area contributed by atoms with Gasteiger partial charge in [0.2, 0.25) is 5.91 Å². The Morgan fingerprint density at radius 2 is 1.76 bits per heavy atom. The molecule has 2 aromatic carbocycles. The second-order valence-electron chi connectivity index (χ2n) is 6.36. The predicted octanol–water partition coefficient (Wildman–Crippen LogP) is 3.83. The number of carbonyl (C=O) groups excluding carboxylic acids is 1. The number of hydrogen-bond acceptors (Lipinski definition) is 3. The number of nitrogens with zero attached hydrogens (tertiary/aromatic N) is 1. The van der Waals surface area contributed by atoms with Crippen molar-refractivity contribution in [3.05, 3.63) is 60.2 Å². The smallest absolute Gasteiger partial charge is 0.303 e. The molecule has 3 rings (SSSR count). The lowest BCUT2D eigenvalue weighted by Gasteiger charge is -2.40. The highest BCUT2D eigenvalue weighted by Gasteiger charge is 2.33. The van der Waals surface area contributed by atoms with Crippen LogP contribution in [0, 0.1) is 0 Å². The van der Waals surface area contributed by atoms with Crippen molar-refractivity contribution < 1.29 is 14.7 Å². The first-order chi connectivity index (χ1) is 12.1. The van der Waals surface area contributed by atoms with Crippen molar-refractivity contribution in [1.29, 1.82) is 0 Å². The van der Waals surface area contributed by atoms with Crippen LogP contribution in [0.2, 0.25) is 0 Å². The molecule has 1 aliphatic rings. The van der Waals surface area contributed by atoms with Gasteiger partial charge in [-0.25, -0.2) is 0 Å². The normalized spacial score (nSPS) is 19.2. The van der Waals surface area contributed by atoms with Gasteiger partial charge < -0.3 is 15.3 Å². The molecule has 2 N–H and O–H groups in total. The Morgan fingerprint density at radius 3 is 2.48 bits per heavy atom. The topological polar surface area (TPSA) is 69.6 Å². The Bertz CT molecular complexity index is 761. The molecule has 5 heteroatoms. The highest BCUT2D eigenvalue weighted by atomic mass is 16.4. The first-order valence-electron chi connectivity index (χ1n) is 8.50. The van der Waals surface area contributed by atoms with Crippen LogP contribution in [0.25, 0.3) is 0 Å². The third-order valence-electron chi connectivity index (χ3n) is 4.53. The van der Waals surface area contributed by atoms with Gasteiger partial charge in [-0.2, -0.15) is 0 Å². The second kappa shape index (κ2) is 7.38. The fourth-order valence-corrected chi connectivity index (χ4v) is 3.40. The van der Waals surface area contributed by atoms with Gasteiger partial charge in [0.25, 0.3) is 0 Å². The largest absolute Gasteiger partial charge is 0.481 e. The number of hydrogen-bond donors (Lipinski definition) is 2. The summed E-state index contributed by atoms with van der Waals surface area (Å²) in [5.74, 6) is -1.09. The average Bonchev–Trinajstić information content (AvgIpc) is 2.61. The number of carboxylic acids is 1. The summed E-state index contributed by atoms with van der Waals surface area (Å²) >= 11 is 0. The summed E-state index contributed by atoms with van der Waals surface area (Å²) in [6.07, 6.45) is 0.644. The lowest BCUT2D eigenvalue weighted by atomic mass is 9.91. The number of carboxylic acid groups (broad SMARTS) is 1. The van der Waals surface area contributed by atoms with E-state index in [0.717, 1.165) is 23.4 Å². The van der Waals surface area contributed by atoms with E-state index in [1.165, 1.54) is 0 Å². The highest BCUT2D eigenvalue weighted by molar-refractivity contribution is 5.96. The molecule has 2 atom stereocenters. The maximum Gasteiger partial charge on any atom is 0.303 e. The van der Waals surface area contributed by atoms with Crippen molar-refractivity contribution in [2.24, 2.45) is 0 Å². The summed E-state index contributed by atoms with van der Waals surface area (Å²) in [6, 6.07) is 17.9. The van der Waals surface area contributed by atoms with Crippen molar-refractivity contribution >= 4 is 23.3 Å². The van der Waals surface area contributed by atoms with E-state index in [4.69, 9.17) is 5.11 Å². The molecular weight excluding hydrogens is 316 g/mol. The number of benzene rings is 2. The van der Waals surface area contributed by atoms with Crippen LogP contribution in [0.3, 0.4) is 0 Å². The molecule has 1 heterocycles. The quantitative estimate of drug-likeness (QED) is 0.869. The Kier molecular flexibility index (Phi) is 5.03. The number of carbonyl (C=O) groups is 2. The van der Waals surface area contributed by atoms with E-state index in [1.54, 1.807) is 4.90 Å². The van der Waals surface area contributed by atoms with Gasteiger partial charge in [0.1, 0.15) is 0 Å². The van der Waals surface area contributed by atoms with E-state index in [0.29, 0.717) is 0 Å². The first-order valence-corrected chi connectivity index (χ1v) is 8.50. The zero-order valence-electron chi connectivity index (χ0n) is 14.2. The molecule has 0 saturated carbocycles. The maximum absolute atomic E-state index is 12.6. The molecule has 0 unspecified atom stereocenters. The van der Waals surface area contributed by atoms with Crippen molar-refractivity contribution in [2.45, 2.75) is 38.3 Å². The number of rotatable bonds is 5. The summed E-state index contributed by atoms with van der Waals surface area (Å²) in [5, 5.41) is 12.4. The maximum atomic E-state index is 12.6. The van der Waals surface area contributed by atoms with Gasteiger partial charge >= 0.3 is 5.97 Å². The van der Waals surface area contributed by atoms with Gasteiger partial charge in [-0.15, -0.1) is 0 Å². The Labute approximate surface area is 147 Å². The Morgan fingerprint density at radius 1 is 1.08 bits per heavy atom. The van der Waals surface area contributed by atoms with Gasteiger partial charge in [-0.1, -0.05) is 36.4 Å². The summed E-state index contributed by atoms with van der Waals surface area (Å²) < 4.78 is 0. The van der Waals surface area contributed by atoms with E-state index in [-0.39, 0.29) is 30.8 Å². The fraction of sp³-hybridized carbons (Fsp3) is 0.300. The predicted molar refractivity (Wildman–Crippen MR) is 97.7 cm³/mol. The van der Waals surface area contributed by atoms with Crippen LogP contribution in [-0.2, 0) is 9.59 Å². The molecule has 1 aliphatic heterocycles. The van der Waals surface area contributed by atoms with Crippen LogP contribution in [0.15, 0.2) is 54.6 Å². The van der Waals surface area contributed by atoms with Gasteiger partial charge in [0.05, 0.1) is 12.5 Å². The van der Waals surface area contributed by atoms with Gasteiger partial charge in [-0.05, 0) is 37.1 Å². The highest BCUT2D eigenvalue weighted by Crippen LogP contribution is 2.39. The van der Waals surface area contributed by atoms with Crippen LogP contribution in [-0.4, -0.2) is 23.0 Å². The molecule has 0 aromatic heterocycles. The standard InChI is InChI=1S/C20H22N2O3/c1-14-13-17(21-15-7-3-2-4-8-15)16-9-5-6-10-18(16)22(14)19(23)11-12-20(24)25/h2-10,14,17,21H,11-13H2,1H3,(H,24,25)/t14-,17-/m1/s1. The fourth-order valence-electron chi connectivity index (χ4n) is 3.40. The molecule has 25 heavy (non-hydrogen) atoms. The van der Waals surface area contributed by atoms with Crippen LogP contribution >= 0.6 is 0 Å². The molecule has 130 valence electrons. The van der Waals surface area contributed by atoms with E-state index in [1.807, 2.05) is 61.5 Å². The van der Waals surface area contributed by atoms with Crippen molar-refractivity contribution in [3.8, 4) is 0 Å². The summed E-state index contributed by atoms with van der Waals surface area (Å²) in [6.45, 7) is 2.01. The second-order valence-corrected chi connectivity index (χ2v) is 6.36. The number of fused-ring (bicyclic) bond motifs is 1. The molecule has 0 saturated heterocycles. The van der Waals surface area contributed by atoms with Crippen molar-refractivity contribution in [3.63, 3.8) is 0 Å². The third-order valence-corrected chi connectivity index (χ3v) is 4.53. The number of nitrogens with one attached hydrogen (secondary N) is 1. The van der Waals surface area contributed by atoms with E-state index < -0.39 is 5.97 Å². The van der Waals surface area contributed by atoms with Gasteiger partial charge in [0.15, 0.2) is 0 Å². The zero-order valence-corrected chi connectivity index (χ0v) is 14.2. The van der Waals surface area contributed by atoms with Crippen molar-refractivity contribution in [2.75, 3.05) is 10.2 Å². The summed E-state index contributed by atoms with van der Waals surface area (Å²) in [5.41, 5.74) is 2.97. The number of amides is 1. The minimum Gasteiger partial charge on any atom is -0.481 e.